The summed E-state index contributed by atoms with van der Waals surface area (Å²) in [6.07, 6.45) is 0. The molecule has 4 rings (SSSR count). The van der Waals surface area contributed by atoms with Crippen molar-refractivity contribution in [3.63, 3.8) is 0 Å². The van der Waals surface area contributed by atoms with Crippen LogP contribution in [-0.4, -0.2) is 34.0 Å². The summed E-state index contributed by atoms with van der Waals surface area (Å²) in [6.45, 7) is -0.356. The molecule has 0 radical (unpaired) electrons. The van der Waals surface area contributed by atoms with Crippen molar-refractivity contribution in [1.29, 1.82) is 0 Å². The molecule has 0 saturated carbocycles. The predicted octanol–water partition coefficient (Wildman–Crippen LogP) is 2.24. The van der Waals surface area contributed by atoms with Gasteiger partial charge >= 0.3 is 0 Å². The van der Waals surface area contributed by atoms with Crippen molar-refractivity contribution in [2.45, 2.75) is 6.04 Å². The van der Waals surface area contributed by atoms with Gasteiger partial charge in [0.05, 0.1) is 28.5 Å². The molecule has 2 heterocycles. The van der Waals surface area contributed by atoms with Crippen LogP contribution in [0.1, 0.15) is 27.7 Å². The van der Waals surface area contributed by atoms with Crippen LogP contribution in [0, 0.1) is 10.1 Å². The molecular weight excluding hydrogens is 352 g/mol. The molecule has 1 aliphatic rings. The predicted molar refractivity (Wildman–Crippen MR) is 95.5 cm³/mol. The van der Waals surface area contributed by atoms with Crippen molar-refractivity contribution >= 4 is 22.6 Å². The van der Waals surface area contributed by atoms with E-state index in [0.717, 1.165) is 0 Å². The van der Waals surface area contributed by atoms with Gasteiger partial charge in [-0.05, 0) is 17.7 Å². The van der Waals surface area contributed by atoms with Gasteiger partial charge in [-0.3, -0.25) is 19.7 Å². The number of nitro groups is 1. The molecule has 1 unspecified atom stereocenters. The van der Waals surface area contributed by atoms with E-state index in [1.807, 2.05) is 0 Å². The van der Waals surface area contributed by atoms with Gasteiger partial charge in [0.2, 0.25) is 5.76 Å². The van der Waals surface area contributed by atoms with E-state index in [1.165, 1.54) is 23.1 Å². The first-order valence-electron chi connectivity index (χ1n) is 8.25. The van der Waals surface area contributed by atoms with Gasteiger partial charge in [0, 0.05) is 18.7 Å². The zero-order valence-corrected chi connectivity index (χ0v) is 14.0. The number of carbonyl (C=O) groups is 1. The lowest BCUT2D eigenvalue weighted by molar-refractivity contribution is -0.384. The minimum absolute atomic E-state index is 0.0355. The highest BCUT2D eigenvalue weighted by Crippen LogP contribution is 2.38. The van der Waals surface area contributed by atoms with Crippen molar-refractivity contribution < 1.29 is 19.2 Å². The van der Waals surface area contributed by atoms with Gasteiger partial charge in [0.1, 0.15) is 5.58 Å². The molecule has 1 aromatic heterocycles. The fourth-order valence-corrected chi connectivity index (χ4v) is 3.46. The van der Waals surface area contributed by atoms with Crippen LogP contribution in [0.5, 0.6) is 0 Å². The van der Waals surface area contributed by atoms with Crippen molar-refractivity contribution in [1.82, 2.24) is 4.90 Å². The van der Waals surface area contributed by atoms with Crippen LogP contribution in [-0.2, 0) is 0 Å². The number of aliphatic hydroxyl groups is 1. The Hall–Kier alpha value is -3.52. The standard InChI is InChI=1S/C19H14N2O6/c22-9-8-20-16(11-4-3-5-12(10-11)21(25)26)15-17(23)13-6-1-2-7-14(13)27-18(15)19(20)24/h1-7,10,16,22H,8-9H2. The van der Waals surface area contributed by atoms with Crippen molar-refractivity contribution in [2.24, 2.45) is 0 Å². The number of hydrogen-bond donors (Lipinski definition) is 1. The third-order valence-electron chi connectivity index (χ3n) is 4.61. The van der Waals surface area contributed by atoms with Crippen molar-refractivity contribution in [2.75, 3.05) is 13.2 Å². The minimum atomic E-state index is -0.861. The number of benzene rings is 2. The molecule has 3 aromatic rings. The van der Waals surface area contributed by atoms with Crippen LogP contribution in [0.4, 0.5) is 5.69 Å². The first-order chi connectivity index (χ1) is 13.0. The number of para-hydroxylation sites is 1. The Morgan fingerprint density at radius 1 is 1.15 bits per heavy atom. The van der Waals surface area contributed by atoms with Gasteiger partial charge < -0.3 is 14.4 Å². The number of carbonyl (C=O) groups excluding carboxylic acids is 1. The van der Waals surface area contributed by atoms with Gasteiger partial charge in [0.25, 0.3) is 11.6 Å². The van der Waals surface area contributed by atoms with E-state index < -0.39 is 16.9 Å². The maximum atomic E-state index is 13.1. The monoisotopic (exact) mass is 366 g/mol. The Morgan fingerprint density at radius 3 is 2.67 bits per heavy atom. The second-order valence-electron chi connectivity index (χ2n) is 6.15. The molecule has 8 nitrogen and oxygen atoms in total. The van der Waals surface area contributed by atoms with E-state index in [4.69, 9.17) is 4.42 Å². The number of nitrogens with zero attached hydrogens (tertiary/aromatic N) is 2. The molecule has 8 heteroatoms. The topological polar surface area (TPSA) is 114 Å². The highest BCUT2D eigenvalue weighted by Gasteiger charge is 2.42. The third kappa shape index (κ3) is 2.58. The summed E-state index contributed by atoms with van der Waals surface area (Å²) in [5.41, 5.74) is 0.317. The van der Waals surface area contributed by atoms with Crippen molar-refractivity contribution in [3.05, 3.63) is 85.8 Å². The van der Waals surface area contributed by atoms with E-state index in [1.54, 1.807) is 30.3 Å². The molecule has 0 spiro atoms. The molecular formula is C19H14N2O6. The highest BCUT2D eigenvalue weighted by molar-refractivity contribution is 5.99. The Balaban J connectivity index is 2.00. The van der Waals surface area contributed by atoms with Gasteiger partial charge in [-0.2, -0.15) is 0 Å². The SMILES string of the molecule is O=C1c2oc3ccccc3c(=O)c2C(c2cccc([N+](=O)[O-])c2)N1CCO. The average Bonchev–Trinajstić information content (AvgIpc) is 2.95. The number of nitro benzene ring substituents is 1. The number of amides is 1. The minimum Gasteiger partial charge on any atom is -0.450 e. The lowest BCUT2D eigenvalue weighted by atomic mass is 9.98. The van der Waals surface area contributed by atoms with E-state index >= 15 is 0 Å². The molecule has 1 N–H and O–H groups in total. The maximum Gasteiger partial charge on any atom is 0.290 e. The summed E-state index contributed by atoms with van der Waals surface area (Å²) in [6, 6.07) is 11.5. The molecule has 1 amide bonds. The molecule has 0 fully saturated rings. The number of fused-ring (bicyclic) bond motifs is 2. The van der Waals surface area contributed by atoms with E-state index in [0.29, 0.717) is 16.5 Å². The van der Waals surface area contributed by atoms with E-state index in [9.17, 15) is 24.8 Å². The quantitative estimate of drug-likeness (QED) is 0.559. The summed E-state index contributed by atoms with van der Waals surface area (Å²) < 4.78 is 5.70. The summed E-state index contributed by atoms with van der Waals surface area (Å²) in [4.78, 5) is 37.8. The highest BCUT2D eigenvalue weighted by atomic mass is 16.6. The Labute approximate surface area is 152 Å². The Kier molecular flexibility index (Phi) is 3.97. The molecule has 0 aliphatic carbocycles. The van der Waals surface area contributed by atoms with Crippen LogP contribution in [0.15, 0.2) is 57.7 Å². The van der Waals surface area contributed by atoms with Gasteiger partial charge in [-0.15, -0.1) is 0 Å². The molecule has 0 saturated heterocycles. The van der Waals surface area contributed by atoms with Gasteiger partial charge in [-0.1, -0.05) is 24.3 Å². The second-order valence-corrected chi connectivity index (χ2v) is 6.15. The van der Waals surface area contributed by atoms with Gasteiger partial charge in [0.15, 0.2) is 5.43 Å². The third-order valence-corrected chi connectivity index (χ3v) is 4.61. The number of aliphatic hydroxyl groups excluding tert-OH is 1. The zero-order valence-electron chi connectivity index (χ0n) is 14.0. The van der Waals surface area contributed by atoms with E-state index in [2.05, 4.69) is 0 Å². The zero-order chi connectivity index (χ0) is 19.1. The van der Waals surface area contributed by atoms with Crippen LogP contribution >= 0.6 is 0 Å². The van der Waals surface area contributed by atoms with Crippen LogP contribution in [0.3, 0.4) is 0 Å². The molecule has 2 aromatic carbocycles. The van der Waals surface area contributed by atoms with Crippen LogP contribution < -0.4 is 5.43 Å². The largest absolute Gasteiger partial charge is 0.450 e. The average molecular weight is 366 g/mol. The van der Waals surface area contributed by atoms with Crippen LogP contribution in [0.25, 0.3) is 11.0 Å². The fraction of sp³-hybridized carbons (Fsp3) is 0.158. The molecule has 136 valence electrons. The lowest BCUT2D eigenvalue weighted by Gasteiger charge is -2.24. The summed E-state index contributed by atoms with van der Waals surface area (Å²) in [5, 5.41) is 20.8. The number of hydrogen-bond acceptors (Lipinski definition) is 6. The summed E-state index contributed by atoms with van der Waals surface area (Å²) in [7, 11) is 0. The molecule has 1 aliphatic heterocycles. The molecule has 0 bridgehead atoms. The summed E-state index contributed by atoms with van der Waals surface area (Å²) >= 11 is 0. The second kappa shape index (κ2) is 6.33. The molecule has 27 heavy (non-hydrogen) atoms. The first-order valence-corrected chi connectivity index (χ1v) is 8.25. The first kappa shape index (κ1) is 16.9. The number of non-ortho nitro benzene ring substituents is 1. The Bertz CT molecular complexity index is 1140. The number of rotatable bonds is 4. The smallest absolute Gasteiger partial charge is 0.290 e. The summed E-state index contributed by atoms with van der Waals surface area (Å²) in [5.74, 6) is -0.623. The normalized spacial score (nSPS) is 16.0. The van der Waals surface area contributed by atoms with Crippen molar-refractivity contribution in [3.8, 4) is 0 Å². The van der Waals surface area contributed by atoms with Crippen LogP contribution in [0.2, 0.25) is 0 Å². The van der Waals surface area contributed by atoms with E-state index in [-0.39, 0.29) is 35.6 Å². The molecule has 1 atom stereocenters. The Morgan fingerprint density at radius 2 is 1.93 bits per heavy atom. The fourth-order valence-electron chi connectivity index (χ4n) is 3.46. The maximum absolute atomic E-state index is 13.1. The number of β-amino-alcohol motifs (C(OH)–C–C–N with tert-alkyl or cyclic N) is 1. The lowest BCUT2D eigenvalue weighted by Crippen LogP contribution is -2.32. The van der Waals surface area contributed by atoms with Gasteiger partial charge in [-0.25, -0.2) is 0 Å².